The molecule has 1 aliphatic carbocycles. The van der Waals surface area contributed by atoms with Gasteiger partial charge < -0.3 is 9.64 Å². The van der Waals surface area contributed by atoms with Crippen molar-refractivity contribution in [1.29, 1.82) is 0 Å². The Morgan fingerprint density at radius 1 is 1.35 bits per heavy atom. The molecule has 0 bridgehead atoms. The molecule has 4 nitrogen and oxygen atoms in total. The van der Waals surface area contributed by atoms with Gasteiger partial charge in [0.25, 0.3) is 0 Å². The number of pyridine rings is 1. The van der Waals surface area contributed by atoms with Gasteiger partial charge in [-0.15, -0.1) is 0 Å². The van der Waals surface area contributed by atoms with Crippen molar-refractivity contribution in [3.63, 3.8) is 0 Å². The lowest BCUT2D eigenvalue weighted by molar-refractivity contribution is 0.0276. The summed E-state index contributed by atoms with van der Waals surface area (Å²) in [6.07, 6.45) is 3.29. The molecule has 2 heterocycles. The molecular weight excluding hydrogens is 356 g/mol. The number of hydrogen-bond acceptors (Lipinski definition) is 3. The van der Waals surface area contributed by atoms with E-state index >= 15 is 0 Å². The van der Waals surface area contributed by atoms with Gasteiger partial charge >= 0.3 is 6.09 Å². The molecule has 0 aromatic carbocycles. The number of hydrogen-bond donors (Lipinski definition) is 0. The first kappa shape index (κ1) is 16.7. The van der Waals surface area contributed by atoms with E-state index in [4.69, 9.17) is 4.74 Å². The quantitative estimate of drug-likeness (QED) is 0.719. The maximum absolute atomic E-state index is 12.3. The summed E-state index contributed by atoms with van der Waals surface area (Å²) in [6, 6.07) is 6.10. The van der Waals surface area contributed by atoms with Gasteiger partial charge in [-0.3, -0.25) is 0 Å². The number of halogens is 1. The lowest BCUT2D eigenvalue weighted by Gasteiger charge is -2.25. The number of ether oxygens (including phenoxy) is 1. The van der Waals surface area contributed by atoms with Crippen molar-refractivity contribution < 1.29 is 9.53 Å². The fourth-order valence-corrected chi connectivity index (χ4v) is 4.32. The molecule has 1 saturated heterocycles. The van der Waals surface area contributed by atoms with Crippen molar-refractivity contribution in [3.8, 4) is 0 Å². The lowest BCUT2D eigenvalue weighted by Crippen LogP contribution is -2.36. The fraction of sp³-hybridized carbons (Fsp3) is 0.667. The van der Waals surface area contributed by atoms with Crippen LogP contribution in [-0.4, -0.2) is 34.7 Å². The number of carbonyl (C=O) groups is 1. The SMILES string of the molecule is CC(C)(C)OC(=O)N1C[C@@H]2CC[C@H](Cc3cccc(Br)n3)[C@@H]2C1. The molecule has 2 fully saturated rings. The minimum atomic E-state index is -0.422. The molecular formula is C18H25BrN2O2. The van der Waals surface area contributed by atoms with E-state index in [0.717, 1.165) is 29.8 Å². The summed E-state index contributed by atoms with van der Waals surface area (Å²) in [5.74, 6) is 1.83. The van der Waals surface area contributed by atoms with Gasteiger partial charge in [0.1, 0.15) is 10.2 Å². The number of likely N-dealkylation sites (tertiary alicyclic amines) is 1. The normalized spacial score (nSPS) is 27.1. The first-order valence-corrected chi connectivity index (χ1v) is 9.20. The average molecular weight is 381 g/mol. The third-order valence-electron chi connectivity index (χ3n) is 4.90. The van der Waals surface area contributed by atoms with Crippen LogP contribution in [0.15, 0.2) is 22.8 Å². The van der Waals surface area contributed by atoms with Crippen LogP contribution in [0.1, 0.15) is 39.3 Å². The van der Waals surface area contributed by atoms with Gasteiger partial charge in [0.15, 0.2) is 0 Å². The summed E-state index contributed by atoms with van der Waals surface area (Å²) >= 11 is 3.44. The number of rotatable bonds is 2. The van der Waals surface area contributed by atoms with Crippen LogP contribution in [-0.2, 0) is 11.2 Å². The number of carbonyl (C=O) groups excluding carboxylic acids is 1. The van der Waals surface area contributed by atoms with Gasteiger partial charge in [0, 0.05) is 18.8 Å². The van der Waals surface area contributed by atoms with Gasteiger partial charge in [0.05, 0.1) is 0 Å². The van der Waals surface area contributed by atoms with E-state index in [1.54, 1.807) is 0 Å². The summed E-state index contributed by atoms with van der Waals surface area (Å²) in [5.41, 5.74) is 0.717. The van der Waals surface area contributed by atoms with Crippen molar-refractivity contribution in [2.75, 3.05) is 13.1 Å². The average Bonchev–Trinajstić information content (AvgIpc) is 2.99. The van der Waals surface area contributed by atoms with E-state index in [1.807, 2.05) is 37.8 Å². The van der Waals surface area contributed by atoms with E-state index in [2.05, 4.69) is 27.0 Å². The van der Waals surface area contributed by atoms with Crippen LogP contribution in [0.5, 0.6) is 0 Å². The Labute approximate surface area is 146 Å². The van der Waals surface area contributed by atoms with Crippen LogP contribution < -0.4 is 0 Å². The topological polar surface area (TPSA) is 42.4 Å². The Bertz CT molecular complexity index is 585. The van der Waals surface area contributed by atoms with E-state index in [9.17, 15) is 4.79 Å². The molecule has 0 N–H and O–H groups in total. The predicted molar refractivity (Wildman–Crippen MR) is 93.2 cm³/mol. The van der Waals surface area contributed by atoms with Gasteiger partial charge in [-0.05, 0) is 85.9 Å². The van der Waals surface area contributed by atoms with Gasteiger partial charge in [-0.25, -0.2) is 9.78 Å². The third kappa shape index (κ3) is 4.06. The first-order valence-electron chi connectivity index (χ1n) is 8.41. The summed E-state index contributed by atoms with van der Waals surface area (Å²) in [7, 11) is 0. The highest BCUT2D eigenvalue weighted by atomic mass is 79.9. The number of nitrogens with zero attached hydrogens (tertiary/aromatic N) is 2. The van der Waals surface area contributed by atoms with Gasteiger partial charge in [0.2, 0.25) is 0 Å². The monoisotopic (exact) mass is 380 g/mol. The van der Waals surface area contributed by atoms with E-state index in [0.29, 0.717) is 17.8 Å². The second-order valence-corrected chi connectivity index (χ2v) is 8.61. The number of fused-ring (bicyclic) bond motifs is 1. The van der Waals surface area contributed by atoms with Gasteiger partial charge in [-0.1, -0.05) is 6.07 Å². The molecule has 126 valence electrons. The molecule has 1 aromatic rings. The van der Waals surface area contributed by atoms with Crippen molar-refractivity contribution in [2.45, 2.75) is 45.6 Å². The van der Waals surface area contributed by atoms with Crippen molar-refractivity contribution >= 4 is 22.0 Å². The third-order valence-corrected chi connectivity index (χ3v) is 5.34. The number of aromatic nitrogens is 1. The summed E-state index contributed by atoms with van der Waals surface area (Å²) < 4.78 is 6.42. The molecule has 1 aromatic heterocycles. The van der Waals surface area contributed by atoms with Crippen LogP contribution in [0.25, 0.3) is 0 Å². The molecule has 0 radical (unpaired) electrons. The number of amides is 1. The molecule has 1 aliphatic heterocycles. The summed E-state index contributed by atoms with van der Waals surface area (Å²) in [4.78, 5) is 18.8. The van der Waals surface area contributed by atoms with Gasteiger partial charge in [-0.2, -0.15) is 0 Å². The molecule has 1 saturated carbocycles. The zero-order chi connectivity index (χ0) is 16.6. The molecule has 3 rings (SSSR count). The highest BCUT2D eigenvalue weighted by Crippen LogP contribution is 2.43. The Balaban J connectivity index is 1.61. The smallest absolute Gasteiger partial charge is 0.410 e. The van der Waals surface area contributed by atoms with Crippen LogP contribution in [0.3, 0.4) is 0 Å². The molecule has 2 aliphatic rings. The van der Waals surface area contributed by atoms with E-state index < -0.39 is 5.60 Å². The van der Waals surface area contributed by atoms with Crippen molar-refractivity contribution in [2.24, 2.45) is 17.8 Å². The second kappa shape index (κ2) is 6.42. The first-order chi connectivity index (χ1) is 10.8. The largest absolute Gasteiger partial charge is 0.444 e. The maximum atomic E-state index is 12.3. The Kier molecular flexibility index (Phi) is 4.68. The van der Waals surface area contributed by atoms with E-state index in [1.165, 1.54) is 12.8 Å². The predicted octanol–water partition coefficient (Wildman–Crippen LogP) is 4.28. The molecule has 23 heavy (non-hydrogen) atoms. The zero-order valence-electron chi connectivity index (χ0n) is 14.1. The highest BCUT2D eigenvalue weighted by molar-refractivity contribution is 9.10. The lowest BCUT2D eigenvalue weighted by atomic mass is 9.89. The zero-order valence-corrected chi connectivity index (χ0v) is 15.7. The highest BCUT2D eigenvalue weighted by Gasteiger charge is 2.44. The van der Waals surface area contributed by atoms with Crippen LogP contribution in [0, 0.1) is 17.8 Å². The van der Waals surface area contributed by atoms with Crippen molar-refractivity contribution in [1.82, 2.24) is 9.88 Å². The maximum Gasteiger partial charge on any atom is 0.410 e. The minimum Gasteiger partial charge on any atom is -0.444 e. The van der Waals surface area contributed by atoms with Crippen LogP contribution >= 0.6 is 15.9 Å². The molecule has 5 heteroatoms. The molecule has 3 atom stereocenters. The molecule has 0 unspecified atom stereocenters. The second-order valence-electron chi connectivity index (χ2n) is 7.80. The summed E-state index contributed by atoms with van der Waals surface area (Å²) in [5, 5.41) is 0. The summed E-state index contributed by atoms with van der Waals surface area (Å²) in [6.45, 7) is 7.44. The molecule has 1 amide bonds. The Hall–Kier alpha value is -1.10. The Morgan fingerprint density at radius 3 is 2.83 bits per heavy atom. The fourth-order valence-electron chi connectivity index (χ4n) is 3.94. The molecule has 0 spiro atoms. The minimum absolute atomic E-state index is 0.161. The van der Waals surface area contributed by atoms with Crippen LogP contribution in [0.2, 0.25) is 0 Å². The standard InChI is InChI=1S/C18H25BrN2O2/c1-18(2,3)23-17(22)21-10-13-8-7-12(15(13)11-21)9-14-5-4-6-16(19)20-14/h4-6,12-13,15H,7-11H2,1-3H3/t12-,13+,15+/m1/s1. The van der Waals surface area contributed by atoms with Crippen molar-refractivity contribution in [3.05, 3.63) is 28.5 Å². The van der Waals surface area contributed by atoms with E-state index in [-0.39, 0.29) is 6.09 Å². The van der Waals surface area contributed by atoms with Crippen LogP contribution in [0.4, 0.5) is 4.79 Å². The Morgan fingerprint density at radius 2 is 2.13 bits per heavy atom.